The van der Waals surface area contributed by atoms with Crippen LogP contribution in [0.1, 0.15) is 15.9 Å². The van der Waals surface area contributed by atoms with Crippen LogP contribution < -0.4 is 4.72 Å². The van der Waals surface area contributed by atoms with Crippen molar-refractivity contribution in [1.82, 2.24) is 4.72 Å². The van der Waals surface area contributed by atoms with Gasteiger partial charge < -0.3 is 10.2 Å². The van der Waals surface area contributed by atoms with E-state index in [2.05, 4.69) is 10.6 Å². The van der Waals surface area contributed by atoms with Crippen molar-refractivity contribution in [3.63, 3.8) is 0 Å². The first-order valence-electron chi connectivity index (χ1n) is 4.79. The van der Waals surface area contributed by atoms with Crippen LogP contribution in [0.4, 0.5) is 0 Å². The van der Waals surface area contributed by atoms with Crippen molar-refractivity contribution in [2.75, 3.05) is 6.54 Å². The molecular formula is C11H11NO5S. The van der Waals surface area contributed by atoms with E-state index in [1.165, 1.54) is 6.92 Å². The number of aromatic hydroxyl groups is 1. The number of sulfonamides is 1. The van der Waals surface area contributed by atoms with Crippen LogP contribution in [0.2, 0.25) is 0 Å². The van der Waals surface area contributed by atoms with E-state index in [1.807, 2.05) is 0 Å². The number of benzene rings is 1. The molecule has 1 aromatic rings. The highest BCUT2D eigenvalue weighted by Crippen LogP contribution is 2.25. The average Bonchev–Trinajstić information content (AvgIpc) is 2.25. The van der Waals surface area contributed by atoms with Crippen molar-refractivity contribution in [1.29, 1.82) is 0 Å². The summed E-state index contributed by atoms with van der Waals surface area (Å²) < 4.78 is 25.7. The molecule has 0 fully saturated rings. The van der Waals surface area contributed by atoms with Crippen LogP contribution >= 0.6 is 0 Å². The molecular weight excluding hydrogens is 258 g/mol. The smallest absolute Gasteiger partial charge is 0.339 e. The topological polar surface area (TPSA) is 104 Å². The first-order valence-corrected chi connectivity index (χ1v) is 6.28. The lowest BCUT2D eigenvalue weighted by molar-refractivity contribution is 0.0693. The molecule has 6 nitrogen and oxygen atoms in total. The molecule has 96 valence electrons. The summed E-state index contributed by atoms with van der Waals surface area (Å²) in [6.45, 7) is 1.24. The molecule has 0 saturated heterocycles. The summed E-state index contributed by atoms with van der Waals surface area (Å²) in [7, 11) is -3.89. The number of nitrogens with one attached hydrogen (secondary N) is 1. The third kappa shape index (κ3) is 2.80. The number of carboxylic acids is 1. The van der Waals surface area contributed by atoms with E-state index >= 15 is 0 Å². The van der Waals surface area contributed by atoms with Crippen molar-refractivity contribution < 1.29 is 23.4 Å². The van der Waals surface area contributed by atoms with Gasteiger partial charge in [0.25, 0.3) is 0 Å². The number of hydrogen-bond acceptors (Lipinski definition) is 4. The Kier molecular flexibility index (Phi) is 3.96. The SMILES string of the molecule is C#CCNS(=O)(=O)c1cc(C(=O)O)c(O)cc1C. The predicted molar refractivity (Wildman–Crippen MR) is 63.8 cm³/mol. The Morgan fingerprint density at radius 1 is 1.50 bits per heavy atom. The molecule has 0 radical (unpaired) electrons. The van der Waals surface area contributed by atoms with Gasteiger partial charge >= 0.3 is 5.97 Å². The standard InChI is InChI=1S/C11H11NO5S/c1-3-4-12-18(16,17)10-6-8(11(14)15)9(13)5-7(10)2/h1,5-6,12-13H,4H2,2H3,(H,14,15). The van der Waals surface area contributed by atoms with Gasteiger partial charge in [-0.2, -0.15) is 4.72 Å². The molecule has 0 unspecified atom stereocenters. The molecule has 3 N–H and O–H groups in total. The maximum atomic E-state index is 11.8. The van der Waals surface area contributed by atoms with Gasteiger partial charge in [0.2, 0.25) is 10.0 Å². The molecule has 0 aliphatic heterocycles. The summed E-state index contributed by atoms with van der Waals surface area (Å²) in [6.07, 6.45) is 4.94. The van der Waals surface area contributed by atoms with Crippen molar-refractivity contribution in [3.8, 4) is 18.1 Å². The highest BCUT2D eigenvalue weighted by molar-refractivity contribution is 7.89. The Morgan fingerprint density at radius 3 is 2.61 bits per heavy atom. The second-order valence-electron chi connectivity index (χ2n) is 3.47. The van der Waals surface area contributed by atoms with Crippen molar-refractivity contribution in [2.45, 2.75) is 11.8 Å². The minimum Gasteiger partial charge on any atom is -0.507 e. The molecule has 0 aliphatic rings. The van der Waals surface area contributed by atoms with Gasteiger partial charge in [-0.1, -0.05) is 5.92 Å². The molecule has 0 spiro atoms. The Labute approximate surface area is 104 Å². The zero-order valence-electron chi connectivity index (χ0n) is 9.47. The van der Waals surface area contributed by atoms with Crippen LogP contribution in [-0.4, -0.2) is 31.1 Å². The van der Waals surface area contributed by atoms with Crippen LogP contribution in [0.25, 0.3) is 0 Å². The second kappa shape index (κ2) is 5.08. The number of carbonyl (C=O) groups is 1. The Hall–Kier alpha value is -2.04. The molecule has 7 heteroatoms. The average molecular weight is 269 g/mol. The largest absolute Gasteiger partial charge is 0.507 e. The Bertz CT molecular complexity index is 628. The zero-order valence-corrected chi connectivity index (χ0v) is 10.3. The molecule has 1 rings (SSSR count). The summed E-state index contributed by atoms with van der Waals surface area (Å²) in [6, 6.07) is 1.97. The Morgan fingerprint density at radius 2 is 2.11 bits per heavy atom. The molecule has 0 amide bonds. The lowest BCUT2D eigenvalue weighted by Crippen LogP contribution is -2.25. The minimum atomic E-state index is -3.89. The molecule has 1 aromatic carbocycles. The number of rotatable bonds is 4. The monoisotopic (exact) mass is 269 g/mol. The Balaban J connectivity index is 3.38. The lowest BCUT2D eigenvalue weighted by Gasteiger charge is -2.09. The second-order valence-corrected chi connectivity index (χ2v) is 5.20. The van der Waals surface area contributed by atoms with Crippen molar-refractivity contribution in [3.05, 3.63) is 23.3 Å². The van der Waals surface area contributed by atoms with Gasteiger partial charge in [-0.15, -0.1) is 6.42 Å². The third-order valence-corrected chi connectivity index (χ3v) is 3.72. The number of aromatic carboxylic acids is 1. The first kappa shape index (κ1) is 14.0. The van der Waals surface area contributed by atoms with Crippen LogP contribution in [-0.2, 0) is 10.0 Å². The molecule has 0 saturated carbocycles. The van der Waals surface area contributed by atoms with Gasteiger partial charge in [0.1, 0.15) is 11.3 Å². The van der Waals surface area contributed by atoms with Crippen molar-refractivity contribution in [2.24, 2.45) is 0 Å². The summed E-state index contributed by atoms with van der Waals surface area (Å²) in [5.74, 6) is 0.200. The molecule has 0 aromatic heterocycles. The van der Waals surface area contributed by atoms with Crippen LogP contribution in [0.5, 0.6) is 5.75 Å². The zero-order chi connectivity index (χ0) is 13.9. The van der Waals surface area contributed by atoms with E-state index in [-0.39, 0.29) is 17.0 Å². The van der Waals surface area contributed by atoms with E-state index in [4.69, 9.17) is 11.5 Å². The fraction of sp³-hybridized carbons (Fsp3) is 0.182. The van der Waals surface area contributed by atoms with E-state index in [9.17, 15) is 18.3 Å². The molecule has 0 atom stereocenters. The van der Waals surface area contributed by atoms with E-state index in [0.717, 1.165) is 12.1 Å². The minimum absolute atomic E-state index is 0.203. The van der Waals surface area contributed by atoms with Crippen LogP contribution in [0.15, 0.2) is 17.0 Å². The number of hydrogen-bond donors (Lipinski definition) is 3. The molecule has 0 aliphatic carbocycles. The summed E-state index contributed by atoms with van der Waals surface area (Å²) in [5, 5.41) is 18.2. The van der Waals surface area contributed by atoms with E-state index < -0.39 is 27.3 Å². The number of aryl methyl sites for hydroxylation is 1. The molecule has 18 heavy (non-hydrogen) atoms. The van der Waals surface area contributed by atoms with Gasteiger partial charge in [-0.3, -0.25) is 0 Å². The van der Waals surface area contributed by atoms with Gasteiger partial charge in [-0.05, 0) is 24.6 Å². The number of carboxylic acid groups (broad SMARTS) is 1. The fourth-order valence-electron chi connectivity index (χ4n) is 1.35. The maximum absolute atomic E-state index is 11.8. The van der Waals surface area contributed by atoms with Crippen molar-refractivity contribution >= 4 is 16.0 Å². The first-order chi connectivity index (χ1) is 8.29. The maximum Gasteiger partial charge on any atom is 0.339 e. The van der Waals surface area contributed by atoms with E-state index in [0.29, 0.717) is 0 Å². The quantitative estimate of drug-likeness (QED) is 0.682. The predicted octanol–water partition coefficient (Wildman–Crippen LogP) is 0.310. The highest BCUT2D eigenvalue weighted by Gasteiger charge is 2.21. The van der Waals surface area contributed by atoms with Crippen LogP contribution in [0, 0.1) is 19.3 Å². The van der Waals surface area contributed by atoms with Gasteiger partial charge in [-0.25, -0.2) is 13.2 Å². The van der Waals surface area contributed by atoms with Gasteiger partial charge in [0.15, 0.2) is 0 Å². The van der Waals surface area contributed by atoms with E-state index in [1.54, 1.807) is 0 Å². The lowest BCUT2D eigenvalue weighted by atomic mass is 10.1. The van der Waals surface area contributed by atoms with Gasteiger partial charge in [0, 0.05) is 0 Å². The molecule has 0 bridgehead atoms. The number of phenols is 1. The highest BCUT2D eigenvalue weighted by atomic mass is 32.2. The fourth-order valence-corrected chi connectivity index (χ4v) is 2.53. The molecule has 0 heterocycles. The summed E-state index contributed by atoms with van der Waals surface area (Å²) in [4.78, 5) is 10.6. The third-order valence-electron chi connectivity index (χ3n) is 2.18. The normalized spacial score (nSPS) is 10.9. The number of terminal acetylenes is 1. The van der Waals surface area contributed by atoms with Crippen LogP contribution in [0.3, 0.4) is 0 Å². The summed E-state index contributed by atoms with van der Waals surface area (Å²) >= 11 is 0. The summed E-state index contributed by atoms with van der Waals surface area (Å²) in [5.41, 5.74) is -0.260. The van der Waals surface area contributed by atoms with Gasteiger partial charge in [0.05, 0.1) is 11.4 Å².